The Morgan fingerprint density at radius 2 is 2.12 bits per heavy atom. The van der Waals surface area contributed by atoms with Gasteiger partial charge in [-0.2, -0.15) is 0 Å². The molecule has 0 rings (SSSR count). The minimum absolute atomic E-state index is 0.0627. The Morgan fingerprint density at radius 3 is 2.25 bits per heavy atom. The molecule has 0 amide bonds. The molecule has 0 aliphatic carbocycles. The van der Waals surface area contributed by atoms with Crippen LogP contribution in [0.25, 0.3) is 0 Å². The normalized spacial score (nSPS) is 17.4. The van der Waals surface area contributed by atoms with E-state index in [0.29, 0.717) is 0 Å². The van der Waals surface area contributed by atoms with Crippen molar-refractivity contribution in [1.29, 1.82) is 0 Å². The predicted molar refractivity (Wildman–Crippen MR) is 31.3 cm³/mol. The van der Waals surface area contributed by atoms with Crippen LogP contribution in [0.2, 0.25) is 0 Å². The molecule has 0 unspecified atom stereocenters. The summed E-state index contributed by atoms with van der Waals surface area (Å²) in [7, 11) is 0. The van der Waals surface area contributed by atoms with Gasteiger partial charge in [-0.25, -0.2) is 0 Å². The first-order chi connectivity index (χ1) is 3.72. The smallest absolute Gasteiger partial charge is 0.0989 e. The highest BCUT2D eigenvalue weighted by molar-refractivity contribution is 4.84. The minimum Gasteiger partial charge on any atom is -0.389 e. The molecular formula is C5H11NO2. The lowest BCUT2D eigenvalue weighted by Crippen LogP contribution is -2.31. The van der Waals surface area contributed by atoms with Gasteiger partial charge in [0.05, 0.1) is 12.2 Å². The first-order valence-corrected chi connectivity index (χ1v) is 2.41. The van der Waals surface area contributed by atoms with Crippen molar-refractivity contribution in [3.63, 3.8) is 0 Å². The summed E-state index contributed by atoms with van der Waals surface area (Å²) in [5.74, 6) is 0. The SMILES string of the molecule is C=C[C@@H](O)[C@@H](O)CN. The predicted octanol–water partition coefficient (Wildman–Crippen LogP) is -1.15. The molecule has 0 aromatic rings. The maximum absolute atomic E-state index is 8.68. The molecule has 0 bridgehead atoms. The second kappa shape index (κ2) is 3.60. The van der Waals surface area contributed by atoms with E-state index in [1.165, 1.54) is 6.08 Å². The van der Waals surface area contributed by atoms with Crippen LogP contribution in [-0.2, 0) is 0 Å². The number of aliphatic hydroxyl groups is 2. The topological polar surface area (TPSA) is 66.5 Å². The average molecular weight is 117 g/mol. The molecule has 0 aliphatic heterocycles. The molecule has 0 fully saturated rings. The lowest BCUT2D eigenvalue weighted by atomic mass is 10.2. The van der Waals surface area contributed by atoms with Crippen LogP contribution in [0.5, 0.6) is 0 Å². The van der Waals surface area contributed by atoms with E-state index in [9.17, 15) is 0 Å². The summed E-state index contributed by atoms with van der Waals surface area (Å²) in [5, 5.41) is 17.4. The third-order valence-corrected chi connectivity index (χ3v) is 0.877. The van der Waals surface area contributed by atoms with E-state index in [1.807, 2.05) is 0 Å². The molecule has 3 nitrogen and oxygen atoms in total. The van der Waals surface area contributed by atoms with Crippen LogP contribution in [0, 0.1) is 0 Å². The molecule has 0 radical (unpaired) electrons. The third kappa shape index (κ3) is 2.07. The van der Waals surface area contributed by atoms with Crippen molar-refractivity contribution in [2.75, 3.05) is 6.54 Å². The zero-order valence-electron chi connectivity index (χ0n) is 4.62. The molecule has 3 heteroatoms. The van der Waals surface area contributed by atoms with Gasteiger partial charge in [-0.05, 0) is 0 Å². The van der Waals surface area contributed by atoms with Gasteiger partial charge in [-0.1, -0.05) is 6.08 Å². The van der Waals surface area contributed by atoms with Gasteiger partial charge in [-0.3, -0.25) is 0 Å². The zero-order valence-corrected chi connectivity index (χ0v) is 4.62. The average Bonchev–Trinajstić information content (AvgIpc) is 1.84. The molecule has 0 saturated carbocycles. The summed E-state index contributed by atoms with van der Waals surface area (Å²) in [5.41, 5.74) is 4.99. The second-order valence-electron chi connectivity index (χ2n) is 1.53. The second-order valence-corrected chi connectivity index (χ2v) is 1.53. The number of hydrogen-bond acceptors (Lipinski definition) is 3. The molecule has 48 valence electrons. The van der Waals surface area contributed by atoms with Crippen molar-refractivity contribution in [1.82, 2.24) is 0 Å². The Balaban J connectivity index is 3.44. The van der Waals surface area contributed by atoms with Crippen LogP contribution in [0.4, 0.5) is 0 Å². The van der Waals surface area contributed by atoms with Gasteiger partial charge in [0, 0.05) is 6.54 Å². The monoisotopic (exact) mass is 117 g/mol. The van der Waals surface area contributed by atoms with Crippen molar-refractivity contribution in [2.24, 2.45) is 5.73 Å². The summed E-state index contributed by atoms with van der Waals surface area (Å²) >= 11 is 0. The molecule has 0 spiro atoms. The maximum atomic E-state index is 8.68. The molecule has 2 atom stereocenters. The van der Waals surface area contributed by atoms with Crippen LogP contribution < -0.4 is 5.73 Å². The third-order valence-electron chi connectivity index (χ3n) is 0.877. The van der Waals surface area contributed by atoms with E-state index in [2.05, 4.69) is 6.58 Å². The number of hydrogen-bond donors (Lipinski definition) is 3. The maximum Gasteiger partial charge on any atom is 0.0989 e. The molecule has 4 N–H and O–H groups in total. The van der Waals surface area contributed by atoms with E-state index in [1.54, 1.807) is 0 Å². The summed E-state index contributed by atoms with van der Waals surface area (Å²) in [6, 6.07) is 0. The van der Waals surface area contributed by atoms with Crippen molar-refractivity contribution >= 4 is 0 Å². The van der Waals surface area contributed by atoms with Gasteiger partial charge >= 0.3 is 0 Å². The van der Waals surface area contributed by atoms with Gasteiger partial charge in [0.25, 0.3) is 0 Å². The Bertz CT molecular complexity index is 74.8. The molecule has 0 aliphatic rings. The summed E-state index contributed by atoms with van der Waals surface area (Å²) in [4.78, 5) is 0. The quantitative estimate of drug-likeness (QED) is 0.409. The van der Waals surface area contributed by atoms with E-state index >= 15 is 0 Å². The Kier molecular flexibility index (Phi) is 3.43. The van der Waals surface area contributed by atoms with Crippen molar-refractivity contribution < 1.29 is 10.2 Å². The lowest BCUT2D eigenvalue weighted by Gasteiger charge is -2.09. The van der Waals surface area contributed by atoms with Gasteiger partial charge in [0.1, 0.15) is 0 Å². The van der Waals surface area contributed by atoms with Gasteiger partial charge in [-0.15, -0.1) is 6.58 Å². The van der Waals surface area contributed by atoms with Crippen LogP contribution in [-0.4, -0.2) is 29.0 Å². The van der Waals surface area contributed by atoms with Gasteiger partial charge < -0.3 is 15.9 Å². The highest BCUT2D eigenvalue weighted by Gasteiger charge is 2.08. The van der Waals surface area contributed by atoms with Gasteiger partial charge in [0.15, 0.2) is 0 Å². The number of nitrogens with two attached hydrogens (primary N) is 1. The summed E-state index contributed by atoms with van der Waals surface area (Å²) in [6.45, 7) is 3.33. The first-order valence-electron chi connectivity index (χ1n) is 2.41. The lowest BCUT2D eigenvalue weighted by molar-refractivity contribution is 0.0552. The zero-order chi connectivity index (χ0) is 6.57. The highest BCUT2D eigenvalue weighted by Crippen LogP contribution is 1.89. The van der Waals surface area contributed by atoms with Gasteiger partial charge in [0.2, 0.25) is 0 Å². The van der Waals surface area contributed by atoms with E-state index in [-0.39, 0.29) is 6.54 Å². The number of rotatable bonds is 3. The van der Waals surface area contributed by atoms with Crippen LogP contribution >= 0.6 is 0 Å². The van der Waals surface area contributed by atoms with Crippen molar-refractivity contribution in [2.45, 2.75) is 12.2 Å². The molecule has 0 aromatic carbocycles. The first kappa shape index (κ1) is 7.62. The molecule has 0 heterocycles. The van der Waals surface area contributed by atoms with Crippen molar-refractivity contribution in [3.05, 3.63) is 12.7 Å². The Labute approximate surface area is 48.4 Å². The Morgan fingerprint density at radius 1 is 1.62 bits per heavy atom. The minimum atomic E-state index is -0.889. The fourth-order valence-electron chi connectivity index (χ4n) is 0.297. The fourth-order valence-corrected chi connectivity index (χ4v) is 0.297. The Hall–Kier alpha value is -0.380. The molecule has 8 heavy (non-hydrogen) atoms. The van der Waals surface area contributed by atoms with Crippen molar-refractivity contribution in [3.8, 4) is 0 Å². The highest BCUT2D eigenvalue weighted by atomic mass is 16.3. The van der Waals surface area contributed by atoms with Crippen LogP contribution in [0.15, 0.2) is 12.7 Å². The summed E-state index contributed by atoms with van der Waals surface area (Å²) < 4.78 is 0. The fraction of sp³-hybridized carbons (Fsp3) is 0.600. The molecule has 0 saturated heterocycles. The van der Waals surface area contributed by atoms with Crippen LogP contribution in [0.3, 0.4) is 0 Å². The molecular weight excluding hydrogens is 106 g/mol. The van der Waals surface area contributed by atoms with Crippen LogP contribution in [0.1, 0.15) is 0 Å². The van der Waals surface area contributed by atoms with E-state index in [4.69, 9.17) is 15.9 Å². The van der Waals surface area contributed by atoms with E-state index in [0.717, 1.165) is 0 Å². The summed E-state index contributed by atoms with van der Waals surface area (Å²) in [6.07, 6.45) is -0.509. The standard InChI is InChI=1S/C5H11NO2/c1-2-4(7)5(8)3-6/h2,4-5,7-8H,1,3,6H2/t4-,5+/m1/s1. The van der Waals surface area contributed by atoms with E-state index < -0.39 is 12.2 Å². The number of aliphatic hydroxyl groups excluding tert-OH is 2. The largest absolute Gasteiger partial charge is 0.389 e. The molecule has 0 aromatic heterocycles.